The Morgan fingerprint density at radius 3 is 2.68 bits per heavy atom. The fourth-order valence-corrected chi connectivity index (χ4v) is 2.76. The standard InChI is InChI=1S/C17H17NO/c1-12-7-8-15-14(13-5-3-2-4-6-13)9-10-17(19)18-16(15)11-12/h2-8,11,14H,9-10H2,1H3,(H,18,19)/t14-/m0/s1. The van der Waals surface area contributed by atoms with Crippen LogP contribution in [-0.4, -0.2) is 5.91 Å². The van der Waals surface area contributed by atoms with E-state index in [1.807, 2.05) is 6.07 Å². The van der Waals surface area contributed by atoms with Gasteiger partial charge in [0.15, 0.2) is 0 Å². The van der Waals surface area contributed by atoms with Crippen molar-refractivity contribution in [3.8, 4) is 0 Å². The molecule has 0 unspecified atom stereocenters. The fraction of sp³-hybridized carbons (Fsp3) is 0.235. The highest BCUT2D eigenvalue weighted by Crippen LogP contribution is 2.36. The predicted molar refractivity (Wildman–Crippen MR) is 77.3 cm³/mol. The lowest BCUT2D eigenvalue weighted by Crippen LogP contribution is -2.09. The average molecular weight is 251 g/mol. The van der Waals surface area contributed by atoms with Gasteiger partial charge in [0, 0.05) is 18.0 Å². The molecule has 0 aromatic heterocycles. The minimum absolute atomic E-state index is 0.116. The Morgan fingerprint density at radius 1 is 1.11 bits per heavy atom. The maximum Gasteiger partial charge on any atom is 0.224 e. The molecule has 0 saturated heterocycles. The van der Waals surface area contributed by atoms with Crippen molar-refractivity contribution >= 4 is 11.6 Å². The van der Waals surface area contributed by atoms with Gasteiger partial charge in [0.2, 0.25) is 5.91 Å². The van der Waals surface area contributed by atoms with Crippen LogP contribution in [0.3, 0.4) is 0 Å². The van der Waals surface area contributed by atoms with E-state index in [0.717, 1.165) is 12.1 Å². The number of anilines is 1. The smallest absolute Gasteiger partial charge is 0.224 e. The Bertz CT molecular complexity index is 604. The van der Waals surface area contributed by atoms with Crippen LogP contribution in [0.15, 0.2) is 48.5 Å². The van der Waals surface area contributed by atoms with E-state index < -0.39 is 0 Å². The van der Waals surface area contributed by atoms with Gasteiger partial charge in [-0.1, -0.05) is 42.5 Å². The van der Waals surface area contributed by atoms with Gasteiger partial charge in [-0.2, -0.15) is 0 Å². The highest BCUT2D eigenvalue weighted by molar-refractivity contribution is 5.92. The lowest BCUT2D eigenvalue weighted by molar-refractivity contribution is -0.116. The van der Waals surface area contributed by atoms with Crippen LogP contribution in [0, 0.1) is 6.92 Å². The fourth-order valence-electron chi connectivity index (χ4n) is 2.76. The van der Waals surface area contributed by atoms with E-state index in [1.165, 1.54) is 16.7 Å². The molecule has 1 amide bonds. The zero-order valence-corrected chi connectivity index (χ0v) is 11.0. The maximum atomic E-state index is 11.8. The second-order valence-corrected chi connectivity index (χ2v) is 5.14. The first-order chi connectivity index (χ1) is 9.24. The number of rotatable bonds is 1. The molecule has 1 aliphatic rings. The first kappa shape index (κ1) is 12.0. The van der Waals surface area contributed by atoms with Crippen molar-refractivity contribution in [3.63, 3.8) is 0 Å². The van der Waals surface area contributed by atoms with Gasteiger partial charge < -0.3 is 5.32 Å². The Morgan fingerprint density at radius 2 is 1.89 bits per heavy atom. The molecule has 0 bridgehead atoms. The molecule has 96 valence electrons. The quantitative estimate of drug-likeness (QED) is 0.819. The maximum absolute atomic E-state index is 11.8. The Balaban J connectivity index is 2.10. The molecule has 1 aliphatic heterocycles. The zero-order valence-electron chi connectivity index (χ0n) is 11.0. The predicted octanol–water partition coefficient (Wildman–Crippen LogP) is 3.86. The number of benzene rings is 2. The molecular formula is C17H17NO. The van der Waals surface area contributed by atoms with Gasteiger partial charge in [-0.05, 0) is 36.1 Å². The van der Waals surface area contributed by atoms with Crippen LogP contribution in [0.5, 0.6) is 0 Å². The second-order valence-electron chi connectivity index (χ2n) is 5.14. The molecule has 2 heteroatoms. The summed E-state index contributed by atoms with van der Waals surface area (Å²) in [6.45, 7) is 2.05. The molecule has 0 fully saturated rings. The van der Waals surface area contributed by atoms with Crippen molar-refractivity contribution < 1.29 is 4.79 Å². The molecule has 0 aliphatic carbocycles. The van der Waals surface area contributed by atoms with Crippen LogP contribution in [0.2, 0.25) is 0 Å². The lowest BCUT2D eigenvalue weighted by atomic mass is 9.87. The van der Waals surface area contributed by atoms with E-state index in [-0.39, 0.29) is 5.91 Å². The third-order valence-corrected chi connectivity index (χ3v) is 3.72. The van der Waals surface area contributed by atoms with E-state index in [2.05, 4.69) is 54.7 Å². The summed E-state index contributed by atoms with van der Waals surface area (Å²) in [7, 11) is 0. The Hall–Kier alpha value is -2.09. The average Bonchev–Trinajstić information content (AvgIpc) is 2.57. The van der Waals surface area contributed by atoms with Crippen LogP contribution < -0.4 is 5.32 Å². The molecule has 19 heavy (non-hydrogen) atoms. The van der Waals surface area contributed by atoms with Crippen LogP contribution in [0.25, 0.3) is 0 Å². The van der Waals surface area contributed by atoms with Crippen LogP contribution in [0.4, 0.5) is 5.69 Å². The van der Waals surface area contributed by atoms with Crippen LogP contribution in [-0.2, 0) is 4.79 Å². The minimum Gasteiger partial charge on any atom is -0.326 e. The third-order valence-electron chi connectivity index (χ3n) is 3.72. The van der Waals surface area contributed by atoms with Gasteiger partial charge in [0.1, 0.15) is 0 Å². The van der Waals surface area contributed by atoms with E-state index in [9.17, 15) is 4.79 Å². The summed E-state index contributed by atoms with van der Waals surface area (Å²) in [6, 6.07) is 16.8. The van der Waals surface area contributed by atoms with E-state index in [4.69, 9.17) is 0 Å². The summed E-state index contributed by atoms with van der Waals surface area (Å²) in [5.41, 5.74) is 4.65. The highest BCUT2D eigenvalue weighted by atomic mass is 16.1. The van der Waals surface area contributed by atoms with Crippen molar-refractivity contribution in [2.75, 3.05) is 5.32 Å². The second kappa shape index (κ2) is 4.88. The molecule has 2 nitrogen and oxygen atoms in total. The Kier molecular flexibility index (Phi) is 3.08. The number of amides is 1. The summed E-state index contributed by atoms with van der Waals surface area (Å²) < 4.78 is 0. The van der Waals surface area contributed by atoms with E-state index in [0.29, 0.717) is 12.3 Å². The molecule has 1 N–H and O–H groups in total. The van der Waals surface area contributed by atoms with Crippen molar-refractivity contribution in [2.45, 2.75) is 25.7 Å². The van der Waals surface area contributed by atoms with Gasteiger partial charge in [0.25, 0.3) is 0 Å². The van der Waals surface area contributed by atoms with Gasteiger partial charge in [-0.3, -0.25) is 4.79 Å². The van der Waals surface area contributed by atoms with Crippen LogP contribution in [0.1, 0.15) is 35.4 Å². The van der Waals surface area contributed by atoms with Crippen molar-refractivity contribution in [2.24, 2.45) is 0 Å². The first-order valence-electron chi connectivity index (χ1n) is 6.69. The largest absolute Gasteiger partial charge is 0.326 e. The van der Waals surface area contributed by atoms with Crippen molar-refractivity contribution in [1.29, 1.82) is 0 Å². The minimum atomic E-state index is 0.116. The molecule has 0 saturated carbocycles. The van der Waals surface area contributed by atoms with Crippen molar-refractivity contribution in [1.82, 2.24) is 0 Å². The Labute approximate surface area is 113 Å². The molecule has 0 spiro atoms. The number of nitrogens with one attached hydrogen (secondary N) is 1. The number of carbonyl (C=O) groups excluding carboxylic acids is 1. The summed E-state index contributed by atoms with van der Waals surface area (Å²) in [4.78, 5) is 11.8. The summed E-state index contributed by atoms with van der Waals surface area (Å²) in [5.74, 6) is 0.418. The highest BCUT2D eigenvalue weighted by Gasteiger charge is 2.23. The topological polar surface area (TPSA) is 29.1 Å². The molecule has 1 atom stereocenters. The monoisotopic (exact) mass is 251 g/mol. The van der Waals surface area contributed by atoms with Gasteiger partial charge >= 0.3 is 0 Å². The van der Waals surface area contributed by atoms with Gasteiger partial charge in [-0.25, -0.2) is 0 Å². The summed E-state index contributed by atoms with van der Waals surface area (Å²) in [6.07, 6.45) is 1.44. The first-order valence-corrected chi connectivity index (χ1v) is 6.69. The van der Waals surface area contributed by atoms with E-state index >= 15 is 0 Å². The van der Waals surface area contributed by atoms with Gasteiger partial charge in [0.05, 0.1) is 0 Å². The molecule has 1 heterocycles. The molecule has 2 aromatic carbocycles. The van der Waals surface area contributed by atoms with Gasteiger partial charge in [-0.15, -0.1) is 0 Å². The normalized spacial score (nSPS) is 18.4. The lowest BCUT2D eigenvalue weighted by Gasteiger charge is -2.17. The molecular weight excluding hydrogens is 234 g/mol. The third kappa shape index (κ3) is 2.39. The molecule has 3 rings (SSSR count). The summed E-state index contributed by atoms with van der Waals surface area (Å²) >= 11 is 0. The number of hydrogen-bond acceptors (Lipinski definition) is 1. The SMILES string of the molecule is Cc1ccc2c(c1)NC(=O)CC[C@H]2c1ccccc1. The number of fused-ring (bicyclic) bond motifs is 1. The van der Waals surface area contributed by atoms with E-state index in [1.54, 1.807) is 0 Å². The molecule has 2 aromatic rings. The zero-order chi connectivity index (χ0) is 13.2. The molecule has 0 radical (unpaired) electrons. The summed E-state index contributed by atoms with van der Waals surface area (Å²) in [5, 5.41) is 3.02. The van der Waals surface area contributed by atoms with Crippen LogP contribution >= 0.6 is 0 Å². The number of carbonyl (C=O) groups is 1. The number of hydrogen-bond donors (Lipinski definition) is 1. The number of aryl methyl sites for hydroxylation is 1. The van der Waals surface area contributed by atoms with Crippen molar-refractivity contribution in [3.05, 3.63) is 65.2 Å².